The van der Waals surface area contributed by atoms with E-state index in [1.165, 1.54) is 6.42 Å². The summed E-state index contributed by atoms with van der Waals surface area (Å²) < 4.78 is 5.95. The Morgan fingerprint density at radius 3 is 3.14 bits per heavy atom. The minimum Gasteiger partial charge on any atom is -0.364 e. The maximum atomic E-state index is 4.92. The average molecular weight is 312 g/mol. The fraction of sp³-hybridized carbons (Fsp3) is 0.400. The van der Waals surface area contributed by atoms with Crippen molar-refractivity contribution in [2.24, 2.45) is 0 Å². The summed E-state index contributed by atoms with van der Waals surface area (Å²) in [5.74, 6) is 0.819. The Bertz CT molecular complexity index is 801. The van der Waals surface area contributed by atoms with Crippen LogP contribution in [0.25, 0.3) is 10.2 Å². The predicted molar refractivity (Wildman–Crippen MR) is 82.7 cm³/mol. The summed E-state index contributed by atoms with van der Waals surface area (Å²) in [4.78, 5) is 13.9. The van der Waals surface area contributed by atoms with Gasteiger partial charge in [0.1, 0.15) is 12.5 Å². The highest BCUT2D eigenvalue weighted by molar-refractivity contribution is 7.17. The van der Waals surface area contributed by atoms with E-state index >= 15 is 0 Å². The van der Waals surface area contributed by atoms with Crippen molar-refractivity contribution in [2.45, 2.75) is 25.0 Å². The van der Waals surface area contributed by atoms with Crippen LogP contribution in [0.3, 0.4) is 0 Å². The summed E-state index contributed by atoms with van der Waals surface area (Å²) in [7, 11) is 0. The molecular formula is C15H14N5OS. The van der Waals surface area contributed by atoms with Gasteiger partial charge in [-0.3, -0.25) is 4.90 Å². The van der Waals surface area contributed by atoms with E-state index in [2.05, 4.69) is 31.1 Å². The van der Waals surface area contributed by atoms with Crippen LogP contribution in [-0.4, -0.2) is 45.2 Å². The second kappa shape index (κ2) is 4.76. The molecule has 0 aromatic carbocycles. The van der Waals surface area contributed by atoms with Crippen molar-refractivity contribution in [3.05, 3.63) is 35.7 Å². The lowest BCUT2D eigenvalue weighted by atomic mass is 10.2. The largest absolute Gasteiger partial charge is 0.364 e. The van der Waals surface area contributed by atoms with E-state index < -0.39 is 0 Å². The van der Waals surface area contributed by atoms with Crippen molar-refractivity contribution in [1.82, 2.24) is 20.0 Å². The molecule has 0 N–H and O–H groups in total. The number of nitrogens with zero attached hydrogens (tertiary/aromatic N) is 5. The molecule has 0 aliphatic carbocycles. The van der Waals surface area contributed by atoms with Gasteiger partial charge in [-0.1, -0.05) is 5.16 Å². The maximum absolute atomic E-state index is 4.92. The van der Waals surface area contributed by atoms with Gasteiger partial charge in [0.05, 0.1) is 15.9 Å². The van der Waals surface area contributed by atoms with Gasteiger partial charge in [0.2, 0.25) is 5.95 Å². The van der Waals surface area contributed by atoms with Crippen molar-refractivity contribution in [2.75, 3.05) is 18.0 Å². The van der Waals surface area contributed by atoms with E-state index in [4.69, 9.17) is 4.52 Å². The zero-order valence-corrected chi connectivity index (χ0v) is 12.7. The highest BCUT2D eigenvalue weighted by atomic mass is 32.1. The number of thiophene rings is 1. The molecule has 2 saturated heterocycles. The van der Waals surface area contributed by atoms with E-state index in [1.807, 2.05) is 17.5 Å². The van der Waals surface area contributed by atoms with Gasteiger partial charge in [0, 0.05) is 37.8 Å². The molecule has 0 saturated carbocycles. The van der Waals surface area contributed by atoms with Crippen molar-refractivity contribution in [3.8, 4) is 0 Å². The molecule has 6 nitrogen and oxygen atoms in total. The average Bonchev–Trinajstić information content (AvgIpc) is 3.30. The van der Waals surface area contributed by atoms with E-state index in [0.717, 1.165) is 41.5 Å². The molecule has 0 spiro atoms. The van der Waals surface area contributed by atoms with Crippen LogP contribution < -0.4 is 4.90 Å². The number of piperazine rings is 1. The normalized spacial score (nSPS) is 24.6. The SMILES string of the molecule is [c]1nc(N2C[C@@H]3C[C@H]2CN3Cc2ccon2)nc2ccsc12. The quantitative estimate of drug-likeness (QED) is 0.737. The highest BCUT2D eigenvalue weighted by Gasteiger charge is 2.44. The lowest BCUT2D eigenvalue weighted by Gasteiger charge is -2.33. The highest BCUT2D eigenvalue weighted by Crippen LogP contribution is 2.34. The van der Waals surface area contributed by atoms with Crippen LogP contribution in [0.4, 0.5) is 5.95 Å². The maximum Gasteiger partial charge on any atom is 0.226 e. The van der Waals surface area contributed by atoms with Gasteiger partial charge in [-0.05, 0) is 17.9 Å². The molecule has 3 aromatic rings. The molecule has 2 bridgehead atoms. The third kappa shape index (κ3) is 1.93. The summed E-state index contributed by atoms with van der Waals surface area (Å²) in [5.41, 5.74) is 2.00. The van der Waals surface area contributed by atoms with Crippen LogP contribution in [0.1, 0.15) is 12.1 Å². The molecule has 2 atom stereocenters. The summed E-state index contributed by atoms with van der Waals surface area (Å²) in [6.07, 6.45) is 5.92. The summed E-state index contributed by atoms with van der Waals surface area (Å²) in [5, 5.41) is 6.05. The molecule has 2 aliphatic rings. The first-order valence-corrected chi connectivity index (χ1v) is 8.28. The molecule has 3 aromatic heterocycles. The summed E-state index contributed by atoms with van der Waals surface area (Å²) in [6.45, 7) is 2.87. The monoisotopic (exact) mass is 312 g/mol. The lowest BCUT2D eigenvalue weighted by Crippen LogP contribution is -2.46. The smallest absolute Gasteiger partial charge is 0.226 e. The minimum absolute atomic E-state index is 0.487. The molecular weight excluding hydrogens is 298 g/mol. The van der Waals surface area contributed by atoms with Crippen LogP contribution in [0.5, 0.6) is 0 Å². The molecule has 5 rings (SSSR count). The number of anilines is 1. The topological polar surface area (TPSA) is 58.3 Å². The third-order valence-electron chi connectivity index (χ3n) is 4.59. The van der Waals surface area contributed by atoms with Crippen LogP contribution >= 0.6 is 11.3 Å². The minimum atomic E-state index is 0.487. The Balaban J connectivity index is 1.35. The molecule has 0 unspecified atom stereocenters. The van der Waals surface area contributed by atoms with Crippen molar-refractivity contribution in [3.63, 3.8) is 0 Å². The second-order valence-corrected chi connectivity index (χ2v) is 6.80. The van der Waals surface area contributed by atoms with E-state index in [9.17, 15) is 0 Å². The number of rotatable bonds is 3. The number of aromatic nitrogens is 3. The van der Waals surface area contributed by atoms with Gasteiger partial charge in [0.15, 0.2) is 0 Å². The van der Waals surface area contributed by atoms with E-state index in [-0.39, 0.29) is 0 Å². The van der Waals surface area contributed by atoms with Gasteiger partial charge in [-0.15, -0.1) is 11.3 Å². The first-order chi connectivity index (χ1) is 10.9. The molecule has 1 radical (unpaired) electrons. The zero-order valence-electron chi connectivity index (χ0n) is 11.8. The standard InChI is InChI=1S/C15H14N5OS/c1-3-21-18-10(1)7-19-8-12-5-11(19)9-20(12)15-16-6-14-13(17-15)2-4-22-14/h1-4,11-12H,5,7-9H2/t11-,12-/m0/s1. The Kier molecular flexibility index (Phi) is 2.71. The van der Waals surface area contributed by atoms with Crippen LogP contribution in [-0.2, 0) is 6.54 Å². The third-order valence-corrected chi connectivity index (χ3v) is 5.40. The van der Waals surface area contributed by atoms with Crippen molar-refractivity contribution in [1.29, 1.82) is 0 Å². The molecule has 111 valence electrons. The van der Waals surface area contributed by atoms with Crippen molar-refractivity contribution < 1.29 is 4.52 Å². The Morgan fingerprint density at radius 2 is 2.32 bits per heavy atom. The van der Waals surface area contributed by atoms with Crippen LogP contribution in [0.15, 0.2) is 28.3 Å². The van der Waals surface area contributed by atoms with Crippen molar-refractivity contribution >= 4 is 27.5 Å². The first-order valence-electron chi connectivity index (χ1n) is 7.40. The Hall–Kier alpha value is -1.99. The molecule has 22 heavy (non-hydrogen) atoms. The van der Waals surface area contributed by atoms with E-state index in [0.29, 0.717) is 12.1 Å². The van der Waals surface area contributed by atoms with Gasteiger partial charge in [-0.2, -0.15) is 0 Å². The molecule has 0 amide bonds. The van der Waals surface area contributed by atoms with Gasteiger partial charge in [0.25, 0.3) is 0 Å². The fourth-order valence-corrected chi connectivity index (χ4v) is 4.22. The summed E-state index contributed by atoms with van der Waals surface area (Å²) in [6, 6.07) is 5.00. The van der Waals surface area contributed by atoms with Crippen LogP contribution in [0, 0.1) is 6.20 Å². The molecule has 7 heteroatoms. The number of fused-ring (bicyclic) bond motifs is 3. The van der Waals surface area contributed by atoms with Crippen LogP contribution in [0.2, 0.25) is 0 Å². The van der Waals surface area contributed by atoms with Gasteiger partial charge < -0.3 is 9.42 Å². The number of hydrogen-bond acceptors (Lipinski definition) is 7. The molecule has 2 aliphatic heterocycles. The first kappa shape index (κ1) is 12.5. The predicted octanol–water partition coefficient (Wildman–Crippen LogP) is 1.94. The number of likely N-dealkylation sites (tertiary alicyclic amines) is 1. The van der Waals surface area contributed by atoms with Gasteiger partial charge >= 0.3 is 0 Å². The molecule has 5 heterocycles. The Morgan fingerprint density at radius 1 is 1.32 bits per heavy atom. The summed E-state index contributed by atoms with van der Waals surface area (Å²) >= 11 is 1.63. The van der Waals surface area contributed by atoms with Gasteiger partial charge in [-0.25, -0.2) is 9.97 Å². The second-order valence-electron chi connectivity index (χ2n) is 5.89. The molecule has 2 fully saturated rings. The zero-order chi connectivity index (χ0) is 14.5. The number of hydrogen-bond donors (Lipinski definition) is 0. The fourth-order valence-electron chi connectivity index (χ4n) is 3.55. The lowest BCUT2D eigenvalue weighted by molar-refractivity contribution is 0.223. The Labute approximate surface area is 131 Å². The van der Waals surface area contributed by atoms with E-state index in [1.54, 1.807) is 17.6 Å².